The number of amides is 1. The lowest BCUT2D eigenvalue weighted by atomic mass is 9.94. The molecule has 1 fully saturated rings. The van der Waals surface area contributed by atoms with Gasteiger partial charge in [0.05, 0.1) is 11.6 Å². The van der Waals surface area contributed by atoms with Crippen LogP contribution < -0.4 is 10.6 Å². The third kappa shape index (κ3) is 2.11. The molecule has 0 aromatic carbocycles. The molecule has 1 aliphatic carbocycles. The summed E-state index contributed by atoms with van der Waals surface area (Å²) in [5.74, 6) is 1.25. The first kappa shape index (κ1) is 12.5. The van der Waals surface area contributed by atoms with Crippen LogP contribution in [0.4, 0.5) is 11.5 Å². The molecule has 2 heterocycles. The molecule has 0 saturated heterocycles. The van der Waals surface area contributed by atoms with E-state index in [0.717, 1.165) is 43.0 Å². The highest BCUT2D eigenvalue weighted by Crippen LogP contribution is 2.35. The van der Waals surface area contributed by atoms with Crippen molar-refractivity contribution in [1.29, 1.82) is 0 Å². The van der Waals surface area contributed by atoms with E-state index in [1.54, 1.807) is 0 Å². The summed E-state index contributed by atoms with van der Waals surface area (Å²) in [4.78, 5) is 12.4. The van der Waals surface area contributed by atoms with Crippen molar-refractivity contribution in [3.63, 3.8) is 0 Å². The number of hydrogen-bond acceptors (Lipinski definition) is 3. The number of aromatic nitrogens is 2. The van der Waals surface area contributed by atoms with Crippen LogP contribution in [0.1, 0.15) is 44.7 Å². The predicted octanol–water partition coefficient (Wildman–Crippen LogP) is 2.52. The molecule has 2 N–H and O–H groups in total. The van der Waals surface area contributed by atoms with Gasteiger partial charge in [0.15, 0.2) is 0 Å². The maximum atomic E-state index is 12.4. The minimum Gasteiger partial charge on any atom is -0.365 e. The summed E-state index contributed by atoms with van der Waals surface area (Å²) in [5, 5.41) is 11.2. The largest absolute Gasteiger partial charge is 0.365 e. The third-order valence-electron chi connectivity index (χ3n) is 4.35. The number of fused-ring (bicyclic) bond motifs is 2. The molecule has 0 bridgehead atoms. The molecule has 104 valence electrons. The van der Waals surface area contributed by atoms with Crippen molar-refractivity contribution in [3.8, 4) is 0 Å². The van der Waals surface area contributed by atoms with Gasteiger partial charge in [0.1, 0.15) is 11.5 Å². The van der Waals surface area contributed by atoms with Crippen LogP contribution in [-0.4, -0.2) is 21.7 Å². The van der Waals surface area contributed by atoms with E-state index in [1.165, 1.54) is 12.8 Å². The van der Waals surface area contributed by atoms with E-state index in [9.17, 15) is 4.79 Å². The van der Waals surface area contributed by atoms with E-state index in [1.807, 2.05) is 11.6 Å². The molecule has 1 aromatic heterocycles. The lowest BCUT2D eigenvalue weighted by molar-refractivity contribution is -0.120. The predicted molar refractivity (Wildman–Crippen MR) is 75.3 cm³/mol. The number of rotatable bonds is 1. The van der Waals surface area contributed by atoms with Crippen LogP contribution in [0.5, 0.6) is 0 Å². The zero-order chi connectivity index (χ0) is 13.4. The lowest BCUT2D eigenvalue weighted by Gasteiger charge is -2.22. The summed E-state index contributed by atoms with van der Waals surface area (Å²) in [7, 11) is 0. The number of carbonyl (C=O) groups excluding carboxylic acids is 1. The molecule has 0 spiro atoms. The number of nitrogens with zero attached hydrogens (tertiary/aromatic N) is 2. The molecular weight excluding hydrogens is 240 g/mol. The first-order valence-electron chi connectivity index (χ1n) is 7.35. The van der Waals surface area contributed by atoms with E-state index in [4.69, 9.17) is 0 Å². The minimum absolute atomic E-state index is 0.0969. The van der Waals surface area contributed by atoms with Gasteiger partial charge in [0.2, 0.25) is 5.91 Å². The normalized spacial score (nSPS) is 26.5. The van der Waals surface area contributed by atoms with Gasteiger partial charge in [-0.1, -0.05) is 19.3 Å². The fourth-order valence-corrected chi connectivity index (χ4v) is 3.29. The topological polar surface area (TPSA) is 59.0 Å². The Balaban J connectivity index is 1.99. The fourth-order valence-electron chi connectivity index (χ4n) is 3.29. The van der Waals surface area contributed by atoms with Gasteiger partial charge < -0.3 is 10.6 Å². The smallest absolute Gasteiger partial charge is 0.229 e. The molecule has 2 unspecified atom stereocenters. The summed E-state index contributed by atoms with van der Waals surface area (Å²) in [6.45, 7) is 4.84. The number of hydrogen-bond donors (Lipinski definition) is 2. The molecule has 1 amide bonds. The zero-order valence-corrected chi connectivity index (χ0v) is 11.7. The van der Waals surface area contributed by atoms with Gasteiger partial charge in [0.25, 0.3) is 0 Å². The van der Waals surface area contributed by atoms with Gasteiger partial charge in [0, 0.05) is 12.6 Å². The van der Waals surface area contributed by atoms with E-state index in [2.05, 4.69) is 22.7 Å². The number of carbonyl (C=O) groups is 1. The van der Waals surface area contributed by atoms with Gasteiger partial charge >= 0.3 is 0 Å². The average molecular weight is 262 g/mol. The van der Waals surface area contributed by atoms with Crippen LogP contribution in [0.3, 0.4) is 0 Å². The minimum atomic E-state index is 0.0969. The van der Waals surface area contributed by atoms with E-state index in [0.29, 0.717) is 0 Å². The van der Waals surface area contributed by atoms with Crippen LogP contribution in [-0.2, 0) is 11.3 Å². The monoisotopic (exact) mass is 262 g/mol. The van der Waals surface area contributed by atoms with Crippen LogP contribution >= 0.6 is 0 Å². The van der Waals surface area contributed by atoms with Crippen molar-refractivity contribution in [2.45, 2.75) is 58.5 Å². The Morgan fingerprint density at radius 2 is 2.11 bits per heavy atom. The first-order valence-corrected chi connectivity index (χ1v) is 7.35. The van der Waals surface area contributed by atoms with E-state index in [-0.39, 0.29) is 17.9 Å². The third-order valence-corrected chi connectivity index (χ3v) is 4.35. The highest BCUT2D eigenvalue weighted by molar-refractivity contribution is 5.98. The highest BCUT2D eigenvalue weighted by Gasteiger charge is 2.35. The molecule has 1 aromatic rings. The summed E-state index contributed by atoms with van der Waals surface area (Å²) in [5.41, 5.74) is 1.77. The molecule has 19 heavy (non-hydrogen) atoms. The van der Waals surface area contributed by atoms with Gasteiger partial charge in [-0.15, -0.1) is 0 Å². The Morgan fingerprint density at radius 1 is 1.32 bits per heavy atom. The summed E-state index contributed by atoms with van der Waals surface area (Å²) in [6.07, 6.45) is 5.67. The van der Waals surface area contributed by atoms with Crippen molar-refractivity contribution < 1.29 is 4.79 Å². The second-order valence-corrected chi connectivity index (χ2v) is 5.61. The van der Waals surface area contributed by atoms with Crippen LogP contribution in [0.2, 0.25) is 0 Å². The lowest BCUT2D eigenvalue weighted by Crippen LogP contribution is -2.35. The summed E-state index contributed by atoms with van der Waals surface area (Å²) >= 11 is 0. The number of aryl methyl sites for hydroxylation is 2. The van der Waals surface area contributed by atoms with E-state index >= 15 is 0 Å². The Morgan fingerprint density at radius 3 is 2.89 bits per heavy atom. The number of anilines is 2. The molecule has 1 saturated carbocycles. The fraction of sp³-hybridized carbons (Fsp3) is 0.714. The summed E-state index contributed by atoms with van der Waals surface area (Å²) < 4.78 is 1.96. The van der Waals surface area contributed by atoms with Gasteiger partial charge in [-0.2, -0.15) is 5.10 Å². The molecule has 5 nitrogen and oxygen atoms in total. The van der Waals surface area contributed by atoms with Crippen LogP contribution in [0.15, 0.2) is 0 Å². The zero-order valence-electron chi connectivity index (χ0n) is 11.7. The van der Waals surface area contributed by atoms with Crippen molar-refractivity contribution in [2.75, 3.05) is 10.6 Å². The standard InChI is InChI=1S/C14H22N4O/c1-3-18-13-12(9(2)17-18)16-14(19)10-7-5-4-6-8-11(10)15-13/h10-11,15H,3-8H2,1-2H3,(H,16,19). The molecule has 2 aliphatic rings. The Kier molecular flexibility index (Phi) is 3.21. The van der Waals surface area contributed by atoms with Crippen molar-refractivity contribution in [1.82, 2.24) is 9.78 Å². The Bertz CT molecular complexity index is 494. The highest BCUT2D eigenvalue weighted by atomic mass is 16.2. The van der Waals surface area contributed by atoms with Crippen molar-refractivity contribution >= 4 is 17.4 Å². The van der Waals surface area contributed by atoms with Gasteiger partial charge in [-0.3, -0.25) is 4.79 Å². The molecular formula is C14H22N4O. The van der Waals surface area contributed by atoms with Gasteiger partial charge in [-0.25, -0.2) is 4.68 Å². The SMILES string of the molecule is CCn1nc(C)c2c1NC1CCCCCC1C(=O)N2. The molecule has 1 aliphatic heterocycles. The first-order chi connectivity index (χ1) is 9.20. The molecule has 0 radical (unpaired) electrons. The quantitative estimate of drug-likeness (QED) is 0.817. The van der Waals surface area contributed by atoms with Crippen molar-refractivity contribution in [2.24, 2.45) is 5.92 Å². The Labute approximate surface area is 113 Å². The summed E-state index contributed by atoms with van der Waals surface area (Å²) in [6, 6.07) is 0.255. The van der Waals surface area contributed by atoms with Crippen molar-refractivity contribution in [3.05, 3.63) is 5.69 Å². The van der Waals surface area contributed by atoms with Crippen LogP contribution in [0, 0.1) is 12.8 Å². The number of nitrogens with one attached hydrogen (secondary N) is 2. The molecule has 3 rings (SSSR count). The molecule has 2 atom stereocenters. The molecule has 5 heteroatoms. The second kappa shape index (κ2) is 4.87. The van der Waals surface area contributed by atoms with E-state index < -0.39 is 0 Å². The second-order valence-electron chi connectivity index (χ2n) is 5.61. The maximum absolute atomic E-state index is 12.4. The Hall–Kier alpha value is -1.52. The average Bonchev–Trinajstić information content (AvgIpc) is 2.60. The maximum Gasteiger partial charge on any atom is 0.229 e. The van der Waals surface area contributed by atoms with Crippen LogP contribution in [0.25, 0.3) is 0 Å². The van der Waals surface area contributed by atoms with Gasteiger partial charge in [-0.05, 0) is 26.7 Å².